The van der Waals surface area contributed by atoms with Gasteiger partial charge < -0.3 is 10.1 Å². The Morgan fingerprint density at radius 2 is 1.84 bits per heavy atom. The molecule has 1 aliphatic carbocycles. The number of hydrogen-bond acceptors (Lipinski definition) is 7. The second-order valence-corrected chi connectivity index (χ2v) is 11.6. The molecule has 1 aromatic heterocycles. The summed E-state index contributed by atoms with van der Waals surface area (Å²) in [6, 6.07) is 14.0. The molecule has 0 aliphatic heterocycles. The molecule has 0 radical (unpaired) electrons. The maximum Gasteiger partial charge on any atom is 0.269 e. The summed E-state index contributed by atoms with van der Waals surface area (Å²) >= 11 is 5.67. The molecule has 0 saturated heterocycles. The molecule has 0 unspecified atom stereocenters. The summed E-state index contributed by atoms with van der Waals surface area (Å²) in [5, 5.41) is 33.4. The van der Waals surface area contributed by atoms with Crippen LogP contribution in [-0.2, 0) is 24.2 Å². The second kappa shape index (κ2) is 12.0. The lowest BCUT2D eigenvalue weighted by Crippen LogP contribution is -2.13. The first-order valence-electron chi connectivity index (χ1n) is 11.1. The van der Waals surface area contributed by atoms with E-state index in [4.69, 9.17) is 4.74 Å². The van der Waals surface area contributed by atoms with Crippen LogP contribution in [-0.4, -0.2) is 10.8 Å². The van der Waals surface area contributed by atoms with Crippen LogP contribution in [0.2, 0.25) is 0 Å². The summed E-state index contributed by atoms with van der Waals surface area (Å²) in [6.45, 7) is 0.233. The number of amides is 1. The van der Waals surface area contributed by atoms with E-state index >= 15 is 0 Å². The van der Waals surface area contributed by atoms with E-state index in [1.54, 1.807) is 12.1 Å². The zero-order chi connectivity index (χ0) is 26.5. The molecule has 4 rings (SSSR count). The van der Waals surface area contributed by atoms with E-state index in [0.717, 1.165) is 48.8 Å². The van der Waals surface area contributed by atoms with E-state index < -0.39 is 10.8 Å². The van der Waals surface area contributed by atoms with Crippen molar-refractivity contribution in [1.82, 2.24) is 0 Å². The minimum Gasteiger partial charge on any atom is -0.487 e. The lowest BCUT2D eigenvalue weighted by atomic mass is 9.96. The van der Waals surface area contributed by atoms with E-state index in [2.05, 4.69) is 56.6 Å². The fraction of sp³-hybridized carbons (Fsp3) is 0.192. The fourth-order valence-corrected chi connectivity index (χ4v) is 7.29. The minimum absolute atomic E-state index is 0.0175. The van der Waals surface area contributed by atoms with Gasteiger partial charge in [0.1, 0.15) is 35.1 Å². The highest BCUT2D eigenvalue weighted by Gasteiger charge is 2.23. The predicted octanol–water partition coefficient (Wildman–Crippen LogP) is 6.74. The number of nitrogens with one attached hydrogen (secondary N) is 1. The monoisotopic (exact) mass is 736 g/mol. The summed E-state index contributed by atoms with van der Waals surface area (Å²) in [5.74, 6) is 0.0867. The lowest BCUT2D eigenvalue weighted by Gasteiger charge is -2.12. The molecule has 0 bridgehead atoms. The molecular weight excluding hydrogens is 718 g/mol. The van der Waals surface area contributed by atoms with Crippen molar-refractivity contribution in [2.75, 3.05) is 5.32 Å². The quantitative estimate of drug-likeness (QED) is 0.0941. The van der Waals surface area contributed by atoms with E-state index in [0.29, 0.717) is 21.9 Å². The Kier molecular flexibility index (Phi) is 8.79. The van der Waals surface area contributed by atoms with Gasteiger partial charge >= 0.3 is 0 Å². The van der Waals surface area contributed by atoms with Gasteiger partial charge in [0, 0.05) is 17.0 Å². The molecule has 3 aromatic rings. The molecule has 1 N–H and O–H groups in total. The molecule has 1 amide bonds. The van der Waals surface area contributed by atoms with Gasteiger partial charge in [0.15, 0.2) is 0 Å². The topological polar surface area (TPSA) is 129 Å². The number of nitrogens with zero attached hydrogens (tertiary/aromatic N) is 3. The zero-order valence-corrected chi connectivity index (χ0v) is 24.3. The maximum atomic E-state index is 12.9. The summed E-state index contributed by atoms with van der Waals surface area (Å²) in [6.07, 6.45) is 5.35. The zero-order valence-electron chi connectivity index (χ0n) is 19.2. The lowest BCUT2D eigenvalue weighted by molar-refractivity contribution is -0.384. The third kappa shape index (κ3) is 6.29. The number of hydrogen-bond donors (Lipinski definition) is 1. The van der Waals surface area contributed by atoms with Gasteiger partial charge in [0.2, 0.25) is 0 Å². The Hall–Kier alpha value is -3.01. The van der Waals surface area contributed by atoms with Crippen molar-refractivity contribution >= 4 is 79.2 Å². The highest BCUT2D eigenvalue weighted by atomic mass is 127. The first-order chi connectivity index (χ1) is 17.8. The number of halogens is 2. The van der Waals surface area contributed by atoms with Gasteiger partial charge in [-0.25, -0.2) is 0 Å². The first kappa shape index (κ1) is 27.0. The van der Waals surface area contributed by atoms with Crippen LogP contribution in [0.1, 0.15) is 40.0 Å². The average molecular weight is 736 g/mol. The number of aryl methyl sites for hydroxylation is 1. The predicted molar refractivity (Wildman–Crippen MR) is 157 cm³/mol. The number of nitro groups is 1. The van der Waals surface area contributed by atoms with Crippen molar-refractivity contribution in [3.8, 4) is 17.9 Å². The van der Waals surface area contributed by atoms with E-state index in [-0.39, 0.29) is 17.9 Å². The molecule has 11 heteroatoms. The molecular formula is C26H18I2N4O4S. The number of rotatable bonds is 7. The standard InChI is InChI=1S/C26H18I2N4O4S/c27-21-10-16(11-22(28)24(21)36-14-15-5-7-18(8-6-15)32(34)35)9-17(12-29)25(33)31-26-20(13-30)19-3-1-2-4-23(19)37-26/h5-11H,1-4,14H2,(H,31,33)/b17-9+. The van der Waals surface area contributed by atoms with E-state index in [9.17, 15) is 25.4 Å². The van der Waals surface area contributed by atoms with Gasteiger partial charge in [-0.1, -0.05) is 0 Å². The van der Waals surface area contributed by atoms with Crippen molar-refractivity contribution in [1.29, 1.82) is 10.5 Å². The molecule has 0 atom stereocenters. The number of non-ortho nitro benzene ring substituents is 1. The van der Waals surface area contributed by atoms with Crippen LogP contribution in [0.5, 0.6) is 5.75 Å². The Labute approximate surface area is 244 Å². The van der Waals surface area contributed by atoms with Gasteiger partial charge in [-0.15, -0.1) is 11.3 Å². The van der Waals surface area contributed by atoms with E-state index in [1.807, 2.05) is 18.2 Å². The van der Waals surface area contributed by atoms with Crippen LogP contribution in [0.3, 0.4) is 0 Å². The van der Waals surface area contributed by atoms with Crippen LogP contribution in [0.4, 0.5) is 10.7 Å². The summed E-state index contributed by atoms with van der Waals surface area (Å²) in [4.78, 5) is 24.4. The maximum absolute atomic E-state index is 12.9. The largest absolute Gasteiger partial charge is 0.487 e. The number of ether oxygens (including phenoxy) is 1. The number of benzene rings is 2. The Balaban J connectivity index is 1.50. The third-order valence-electron chi connectivity index (χ3n) is 5.74. The molecule has 2 aromatic carbocycles. The highest BCUT2D eigenvalue weighted by Crippen LogP contribution is 2.38. The van der Waals surface area contributed by atoms with Gasteiger partial charge in [0.25, 0.3) is 11.6 Å². The molecule has 8 nitrogen and oxygen atoms in total. The van der Waals surface area contributed by atoms with Crippen molar-refractivity contribution in [2.24, 2.45) is 0 Å². The third-order valence-corrected chi connectivity index (χ3v) is 8.55. The van der Waals surface area contributed by atoms with Crippen LogP contribution in [0.25, 0.3) is 6.08 Å². The first-order valence-corrected chi connectivity index (χ1v) is 14.1. The molecule has 1 aliphatic rings. The van der Waals surface area contributed by atoms with Gasteiger partial charge in [-0.05, 0) is 118 Å². The molecule has 0 fully saturated rings. The number of carbonyl (C=O) groups excluding carboxylic acids is 1. The normalized spacial score (nSPS) is 12.7. The summed E-state index contributed by atoms with van der Waals surface area (Å²) < 4.78 is 7.52. The molecule has 0 spiro atoms. The van der Waals surface area contributed by atoms with Crippen molar-refractivity contribution in [3.63, 3.8) is 0 Å². The molecule has 37 heavy (non-hydrogen) atoms. The summed E-state index contributed by atoms with van der Waals surface area (Å²) in [5.41, 5.74) is 2.92. The number of anilines is 1. The van der Waals surface area contributed by atoms with Crippen molar-refractivity contribution < 1.29 is 14.5 Å². The van der Waals surface area contributed by atoms with Crippen molar-refractivity contribution in [2.45, 2.75) is 32.3 Å². The Morgan fingerprint density at radius 3 is 2.46 bits per heavy atom. The fourth-order valence-electron chi connectivity index (χ4n) is 3.93. The number of thiophene rings is 1. The van der Waals surface area contributed by atoms with Gasteiger partial charge in [0.05, 0.1) is 17.6 Å². The molecule has 186 valence electrons. The second-order valence-electron chi connectivity index (χ2n) is 8.18. The molecule has 0 saturated carbocycles. The SMILES string of the molecule is N#C/C(=C\c1cc(I)c(OCc2ccc([N+](=O)[O-])cc2)c(I)c1)C(=O)Nc1sc2c(c1C#N)CCCC2. The Morgan fingerprint density at radius 1 is 1.16 bits per heavy atom. The van der Waals surface area contributed by atoms with E-state index in [1.165, 1.54) is 29.5 Å². The van der Waals surface area contributed by atoms with Crippen LogP contribution >= 0.6 is 56.5 Å². The van der Waals surface area contributed by atoms with Crippen LogP contribution in [0.15, 0.2) is 42.0 Å². The molecule has 1 heterocycles. The number of nitro benzene ring substituents is 1. The Bertz CT molecular complexity index is 1480. The number of fused-ring (bicyclic) bond motifs is 1. The number of nitriles is 2. The van der Waals surface area contributed by atoms with Crippen molar-refractivity contribution in [3.05, 3.63) is 86.4 Å². The summed E-state index contributed by atoms with van der Waals surface area (Å²) in [7, 11) is 0. The van der Waals surface area contributed by atoms with Gasteiger partial charge in [-0.2, -0.15) is 10.5 Å². The van der Waals surface area contributed by atoms with Crippen LogP contribution < -0.4 is 10.1 Å². The smallest absolute Gasteiger partial charge is 0.269 e. The number of carbonyl (C=O) groups is 1. The van der Waals surface area contributed by atoms with Gasteiger partial charge in [-0.3, -0.25) is 14.9 Å². The van der Waals surface area contributed by atoms with Crippen LogP contribution in [0, 0.1) is 39.9 Å². The average Bonchev–Trinajstić information content (AvgIpc) is 3.23. The highest BCUT2D eigenvalue weighted by molar-refractivity contribution is 14.1. The minimum atomic E-state index is -0.555.